The van der Waals surface area contributed by atoms with Gasteiger partial charge in [0.2, 0.25) is 5.13 Å². The molecule has 0 atom stereocenters. The minimum absolute atomic E-state index is 0.00742. The van der Waals surface area contributed by atoms with Crippen LogP contribution in [-0.4, -0.2) is 18.3 Å². The number of nitrogens with two attached hydrogens (primary N) is 1. The van der Waals surface area contributed by atoms with Crippen molar-refractivity contribution in [3.05, 3.63) is 64.0 Å². The first kappa shape index (κ1) is 21.6. The normalized spacial score (nSPS) is 11.6. The van der Waals surface area contributed by atoms with E-state index < -0.39 is 0 Å². The number of hydrazone groups is 1. The highest BCUT2D eigenvalue weighted by molar-refractivity contribution is 7.14. The van der Waals surface area contributed by atoms with E-state index in [4.69, 9.17) is 15.2 Å². The Labute approximate surface area is 181 Å². The highest BCUT2D eigenvalue weighted by atomic mass is 32.1. The summed E-state index contributed by atoms with van der Waals surface area (Å²) in [7, 11) is 1.66. The molecule has 158 valence electrons. The highest BCUT2D eigenvalue weighted by Gasteiger charge is 2.19. The number of benzene rings is 2. The molecule has 0 saturated heterocycles. The Morgan fingerprint density at radius 3 is 2.63 bits per heavy atom. The number of hydrogen-bond acceptors (Lipinski definition) is 7. The summed E-state index contributed by atoms with van der Waals surface area (Å²) in [6.07, 6.45) is 1.73. The van der Waals surface area contributed by atoms with Crippen LogP contribution in [0.2, 0.25) is 0 Å². The molecule has 3 aromatic rings. The van der Waals surface area contributed by atoms with Gasteiger partial charge in [-0.3, -0.25) is 5.43 Å². The van der Waals surface area contributed by atoms with Crippen molar-refractivity contribution >= 4 is 28.5 Å². The zero-order valence-electron chi connectivity index (χ0n) is 18.0. The summed E-state index contributed by atoms with van der Waals surface area (Å²) >= 11 is 1.40. The van der Waals surface area contributed by atoms with E-state index in [-0.39, 0.29) is 5.41 Å². The Morgan fingerprint density at radius 1 is 1.17 bits per heavy atom. The quantitative estimate of drug-likeness (QED) is 0.394. The van der Waals surface area contributed by atoms with E-state index >= 15 is 0 Å². The van der Waals surface area contributed by atoms with Crippen LogP contribution in [0.1, 0.15) is 43.0 Å². The van der Waals surface area contributed by atoms with Gasteiger partial charge in [0.25, 0.3) is 0 Å². The predicted octanol–water partition coefficient (Wildman–Crippen LogP) is 5.36. The molecule has 30 heavy (non-hydrogen) atoms. The molecule has 0 bridgehead atoms. The van der Waals surface area contributed by atoms with Crippen molar-refractivity contribution in [3.8, 4) is 11.5 Å². The third kappa shape index (κ3) is 5.51. The SMILES string of the molecule is COc1ccc(C=NNc2nc(N)cs2)cc1COc1cc(C)ccc1C(C)(C)C. The van der Waals surface area contributed by atoms with E-state index in [1.165, 1.54) is 22.5 Å². The molecule has 0 radical (unpaired) electrons. The summed E-state index contributed by atoms with van der Waals surface area (Å²) in [6.45, 7) is 9.02. The van der Waals surface area contributed by atoms with Crippen molar-refractivity contribution in [2.45, 2.75) is 39.7 Å². The number of nitrogen functional groups attached to an aromatic ring is 1. The topological polar surface area (TPSA) is 81.8 Å². The van der Waals surface area contributed by atoms with Crippen LogP contribution in [0.3, 0.4) is 0 Å². The lowest BCUT2D eigenvalue weighted by Gasteiger charge is -2.23. The average molecular weight is 425 g/mol. The maximum absolute atomic E-state index is 6.24. The van der Waals surface area contributed by atoms with Crippen molar-refractivity contribution in [2.75, 3.05) is 18.3 Å². The fraction of sp³-hybridized carbons (Fsp3) is 0.304. The first-order chi connectivity index (χ1) is 14.3. The number of nitrogens with zero attached hydrogens (tertiary/aromatic N) is 2. The average Bonchev–Trinajstić information content (AvgIpc) is 3.10. The summed E-state index contributed by atoms with van der Waals surface area (Å²) in [5.41, 5.74) is 12.7. The number of rotatable bonds is 7. The first-order valence-electron chi connectivity index (χ1n) is 9.67. The third-order valence-electron chi connectivity index (χ3n) is 4.53. The number of thiazole rings is 1. The number of ether oxygens (including phenoxy) is 2. The second-order valence-electron chi connectivity index (χ2n) is 8.06. The Hall–Kier alpha value is -3.06. The second-order valence-corrected chi connectivity index (χ2v) is 8.92. The largest absolute Gasteiger partial charge is 0.496 e. The fourth-order valence-electron chi connectivity index (χ4n) is 3.02. The van der Waals surface area contributed by atoms with Gasteiger partial charge in [-0.1, -0.05) is 32.9 Å². The lowest BCUT2D eigenvalue weighted by molar-refractivity contribution is 0.289. The molecule has 0 fully saturated rings. The molecule has 2 aromatic carbocycles. The standard InChI is InChI=1S/C23H28N4O2S/c1-15-6-8-18(23(2,3)4)20(10-15)29-13-17-11-16(7-9-19(17)28-5)12-25-27-22-26-21(24)14-30-22/h6-12,14H,13,24H2,1-5H3,(H,26,27). The highest BCUT2D eigenvalue weighted by Crippen LogP contribution is 2.33. The molecular weight excluding hydrogens is 396 g/mol. The Kier molecular flexibility index (Phi) is 6.62. The van der Waals surface area contributed by atoms with Crippen molar-refractivity contribution in [1.29, 1.82) is 0 Å². The maximum Gasteiger partial charge on any atom is 0.205 e. The van der Waals surface area contributed by atoms with Gasteiger partial charge in [0, 0.05) is 10.9 Å². The molecule has 6 nitrogen and oxygen atoms in total. The van der Waals surface area contributed by atoms with E-state index in [9.17, 15) is 0 Å². The minimum Gasteiger partial charge on any atom is -0.496 e. The van der Waals surface area contributed by atoms with Crippen molar-refractivity contribution in [1.82, 2.24) is 4.98 Å². The van der Waals surface area contributed by atoms with Crippen LogP contribution >= 0.6 is 11.3 Å². The van der Waals surface area contributed by atoms with Gasteiger partial charge in [0.15, 0.2) is 0 Å². The van der Waals surface area contributed by atoms with Crippen molar-refractivity contribution in [3.63, 3.8) is 0 Å². The van der Waals surface area contributed by atoms with Gasteiger partial charge < -0.3 is 15.2 Å². The molecule has 0 unspecified atom stereocenters. The van der Waals surface area contributed by atoms with E-state index in [1.807, 2.05) is 18.2 Å². The molecule has 0 aliphatic heterocycles. The molecule has 1 aromatic heterocycles. The van der Waals surface area contributed by atoms with Gasteiger partial charge in [0.05, 0.1) is 13.3 Å². The molecule has 3 N–H and O–H groups in total. The monoisotopic (exact) mass is 424 g/mol. The van der Waals surface area contributed by atoms with Gasteiger partial charge in [-0.15, -0.1) is 11.3 Å². The second kappa shape index (κ2) is 9.17. The molecule has 0 amide bonds. The van der Waals surface area contributed by atoms with E-state index in [2.05, 4.69) is 61.4 Å². The summed E-state index contributed by atoms with van der Waals surface area (Å²) in [5, 5.41) is 6.64. The molecular formula is C23H28N4O2S. The predicted molar refractivity (Wildman–Crippen MR) is 125 cm³/mol. The van der Waals surface area contributed by atoms with Crippen molar-refractivity contribution in [2.24, 2.45) is 5.10 Å². The molecule has 7 heteroatoms. The first-order valence-corrected chi connectivity index (χ1v) is 10.5. The summed E-state index contributed by atoms with van der Waals surface area (Å²) in [6, 6.07) is 12.2. The molecule has 0 saturated carbocycles. The number of hydrogen-bond donors (Lipinski definition) is 2. The van der Waals surface area contributed by atoms with Crippen LogP contribution in [0.25, 0.3) is 0 Å². The zero-order valence-corrected chi connectivity index (χ0v) is 18.8. The number of nitrogens with one attached hydrogen (secondary N) is 1. The molecule has 0 spiro atoms. The van der Waals surface area contributed by atoms with Crippen LogP contribution in [0.5, 0.6) is 11.5 Å². The molecule has 1 heterocycles. The van der Waals surface area contributed by atoms with Gasteiger partial charge in [-0.05, 0) is 53.3 Å². The zero-order chi connectivity index (χ0) is 21.7. The minimum atomic E-state index is -0.00742. The van der Waals surface area contributed by atoms with Gasteiger partial charge >= 0.3 is 0 Å². The number of methoxy groups -OCH3 is 1. The number of aryl methyl sites for hydroxylation is 1. The van der Waals surface area contributed by atoms with Crippen LogP contribution in [0.15, 0.2) is 46.9 Å². The van der Waals surface area contributed by atoms with Crippen LogP contribution in [-0.2, 0) is 12.0 Å². The van der Waals surface area contributed by atoms with E-state index in [0.29, 0.717) is 17.6 Å². The van der Waals surface area contributed by atoms with Gasteiger partial charge in [-0.2, -0.15) is 5.10 Å². The summed E-state index contributed by atoms with van der Waals surface area (Å²) < 4.78 is 11.8. The van der Waals surface area contributed by atoms with E-state index in [0.717, 1.165) is 22.6 Å². The van der Waals surface area contributed by atoms with Gasteiger partial charge in [-0.25, -0.2) is 4.98 Å². The lowest BCUT2D eigenvalue weighted by Crippen LogP contribution is -2.13. The number of anilines is 2. The lowest BCUT2D eigenvalue weighted by atomic mass is 9.86. The van der Waals surface area contributed by atoms with Crippen LogP contribution < -0.4 is 20.6 Å². The molecule has 3 rings (SSSR count). The summed E-state index contributed by atoms with van der Waals surface area (Å²) in [5.74, 6) is 2.15. The number of aromatic nitrogens is 1. The Balaban J connectivity index is 1.77. The maximum atomic E-state index is 6.24. The fourth-order valence-corrected chi connectivity index (χ4v) is 3.56. The van der Waals surface area contributed by atoms with Crippen LogP contribution in [0, 0.1) is 6.92 Å². The Bertz CT molecular complexity index is 1040. The third-order valence-corrected chi connectivity index (χ3v) is 5.29. The summed E-state index contributed by atoms with van der Waals surface area (Å²) in [4.78, 5) is 4.12. The van der Waals surface area contributed by atoms with Gasteiger partial charge in [0.1, 0.15) is 23.9 Å². The Morgan fingerprint density at radius 2 is 1.97 bits per heavy atom. The van der Waals surface area contributed by atoms with E-state index in [1.54, 1.807) is 18.7 Å². The van der Waals surface area contributed by atoms with Crippen molar-refractivity contribution < 1.29 is 9.47 Å². The van der Waals surface area contributed by atoms with Crippen LogP contribution in [0.4, 0.5) is 10.9 Å². The smallest absolute Gasteiger partial charge is 0.205 e. The molecule has 0 aliphatic rings. The molecule has 0 aliphatic carbocycles.